The lowest BCUT2D eigenvalue weighted by Crippen LogP contribution is -1.79. The highest BCUT2D eigenvalue weighted by Crippen LogP contribution is 2.28. The van der Waals surface area contributed by atoms with Gasteiger partial charge in [0.05, 0.1) is 3.57 Å². The SMILES string of the molecule is O=Ic1ccc(-c2ccccc2)cc1O.O=P(O)(O)O. The second-order valence-corrected chi connectivity index (χ2v) is 6.25. The first-order chi connectivity index (χ1) is 9.31. The number of phenolic OH excluding ortho intramolecular Hbond substituents is 1. The summed E-state index contributed by atoms with van der Waals surface area (Å²) in [5.74, 6) is 0.124. The number of aromatic hydroxyl groups is 1. The molecule has 0 atom stereocenters. The molecular weight excluding hydrogens is 398 g/mol. The van der Waals surface area contributed by atoms with Gasteiger partial charge in [0.2, 0.25) is 0 Å². The second kappa shape index (κ2) is 7.61. The number of phosphoric acid groups is 1. The van der Waals surface area contributed by atoms with Gasteiger partial charge < -0.3 is 19.8 Å². The van der Waals surface area contributed by atoms with Crippen LogP contribution in [-0.2, 0) is 7.63 Å². The van der Waals surface area contributed by atoms with E-state index >= 15 is 0 Å². The topological polar surface area (TPSA) is 115 Å². The average Bonchev–Trinajstić information content (AvgIpc) is 2.38. The molecule has 0 heterocycles. The van der Waals surface area contributed by atoms with Crippen molar-refractivity contribution < 1.29 is 27.4 Å². The zero-order valence-electron chi connectivity index (χ0n) is 10.0. The highest BCUT2D eigenvalue weighted by Gasteiger charge is 2.03. The van der Waals surface area contributed by atoms with Crippen LogP contribution in [0.25, 0.3) is 11.1 Å². The zero-order chi connectivity index (χ0) is 15.2. The minimum atomic E-state index is -4.64. The fourth-order valence-electron chi connectivity index (χ4n) is 1.39. The summed E-state index contributed by atoms with van der Waals surface area (Å²) < 4.78 is 20.2. The van der Waals surface area contributed by atoms with Crippen molar-refractivity contribution in [1.29, 1.82) is 0 Å². The molecule has 0 radical (unpaired) electrons. The smallest absolute Gasteiger partial charge is 0.466 e. The van der Waals surface area contributed by atoms with Crippen LogP contribution in [0, 0.1) is 3.57 Å². The van der Waals surface area contributed by atoms with E-state index in [1.54, 1.807) is 12.1 Å². The molecule has 0 fully saturated rings. The number of halogens is 1. The maximum absolute atomic E-state index is 10.8. The minimum Gasteiger partial charge on any atom is -0.507 e. The van der Waals surface area contributed by atoms with Gasteiger partial charge in [0, 0.05) is 0 Å². The number of rotatable bonds is 2. The van der Waals surface area contributed by atoms with E-state index in [0.717, 1.165) is 11.1 Å². The van der Waals surface area contributed by atoms with Crippen molar-refractivity contribution >= 4 is 29.0 Å². The second-order valence-electron chi connectivity index (χ2n) is 3.62. The lowest BCUT2D eigenvalue weighted by molar-refractivity contribution is 0.275. The van der Waals surface area contributed by atoms with Gasteiger partial charge >= 0.3 is 7.82 Å². The van der Waals surface area contributed by atoms with E-state index in [9.17, 15) is 8.18 Å². The number of phenols is 1. The Morgan fingerprint density at radius 3 is 1.90 bits per heavy atom. The summed E-state index contributed by atoms with van der Waals surface area (Å²) in [4.78, 5) is 21.6. The van der Waals surface area contributed by atoms with Crippen LogP contribution in [0.2, 0.25) is 0 Å². The number of benzene rings is 2. The van der Waals surface area contributed by atoms with Crippen LogP contribution in [0.15, 0.2) is 48.5 Å². The summed E-state index contributed by atoms with van der Waals surface area (Å²) in [6, 6.07) is 15.0. The summed E-state index contributed by atoms with van der Waals surface area (Å²) in [7, 11) is -4.64. The summed E-state index contributed by atoms with van der Waals surface area (Å²) >= 11 is -1.30. The molecule has 2 rings (SSSR count). The highest BCUT2D eigenvalue weighted by atomic mass is 127. The molecule has 0 amide bonds. The lowest BCUT2D eigenvalue weighted by Gasteiger charge is -2.02. The molecule has 0 saturated heterocycles. The molecule has 20 heavy (non-hydrogen) atoms. The van der Waals surface area contributed by atoms with Gasteiger partial charge in [-0.2, -0.15) is 0 Å². The van der Waals surface area contributed by atoms with Gasteiger partial charge in [0.15, 0.2) is 21.2 Å². The fraction of sp³-hybridized carbons (Fsp3) is 0. The molecule has 0 aliphatic rings. The molecule has 0 aromatic heterocycles. The Kier molecular flexibility index (Phi) is 6.44. The van der Waals surface area contributed by atoms with E-state index in [0.29, 0.717) is 3.57 Å². The number of hydrogen-bond donors (Lipinski definition) is 4. The molecule has 0 unspecified atom stereocenters. The predicted molar refractivity (Wildman–Crippen MR) is 81.2 cm³/mol. The van der Waals surface area contributed by atoms with E-state index in [1.165, 1.54) is 0 Å². The van der Waals surface area contributed by atoms with Gasteiger partial charge in [0.25, 0.3) is 0 Å². The van der Waals surface area contributed by atoms with Crippen molar-refractivity contribution in [3.8, 4) is 16.9 Å². The molecule has 0 saturated carbocycles. The average molecular weight is 410 g/mol. The third-order valence-corrected chi connectivity index (χ3v) is 3.52. The van der Waals surface area contributed by atoms with Crippen molar-refractivity contribution in [1.82, 2.24) is 0 Å². The molecule has 0 spiro atoms. The highest BCUT2D eigenvalue weighted by molar-refractivity contribution is 14.1. The Morgan fingerprint density at radius 1 is 0.900 bits per heavy atom. The molecule has 108 valence electrons. The molecule has 4 N–H and O–H groups in total. The van der Waals surface area contributed by atoms with E-state index in [4.69, 9.17) is 19.2 Å². The summed E-state index contributed by atoms with van der Waals surface area (Å²) in [6.45, 7) is 0. The maximum atomic E-state index is 10.8. The van der Waals surface area contributed by atoms with E-state index in [-0.39, 0.29) is 5.75 Å². The Morgan fingerprint density at radius 2 is 1.45 bits per heavy atom. The molecular formula is C12H12IO6P. The molecule has 2 aromatic carbocycles. The van der Waals surface area contributed by atoms with Crippen LogP contribution in [-0.4, -0.2) is 19.8 Å². The quantitative estimate of drug-likeness (QED) is 0.447. The standard InChI is InChI=1S/C12H9IO2.H3O4P/c14-12-8-10(6-7-11(12)13-15)9-4-2-1-3-5-9;1-5(2,3)4/h1-8,14H;(H3,1,2,3,4). The van der Waals surface area contributed by atoms with Crippen LogP contribution in [0.4, 0.5) is 0 Å². The van der Waals surface area contributed by atoms with E-state index in [2.05, 4.69) is 0 Å². The lowest BCUT2D eigenvalue weighted by atomic mass is 10.1. The van der Waals surface area contributed by atoms with E-state index < -0.39 is 29.0 Å². The van der Waals surface area contributed by atoms with Gasteiger partial charge in [0.1, 0.15) is 5.75 Å². The molecule has 0 aliphatic carbocycles. The number of hydrogen-bond acceptors (Lipinski definition) is 3. The monoisotopic (exact) mass is 410 g/mol. The van der Waals surface area contributed by atoms with Gasteiger partial charge in [-0.1, -0.05) is 36.4 Å². The van der Waals surface area contributed by atoms with Crippen molar-refractivity contribution in [3.63, 3.8) is 0 Å². The predicted octanol–water partition coefficient (Wildman–Crippen LogP) is 2.62. The molecule has 6 nitrogen and oxygen atoms in total. The summed E-state index contributed by atoms with van der Waals surface area (Å²) in [5, 5.41) is 9.58. The fourth-order valence-corrected chi connectivity index (χ4v) is 2.10. The first kappa shape index (κ1) is 16.9. The normalized spacial score (nSPS) is 10.6. The Bertz CT molecular complexity index is 617. The van der Waals surface area contributed by atoms with Gasteiger partial charge in [-0.3, -0.25) is 3.07 Å². The van der Waals surface area contributed by atoms with Crippen molar-refractivity contribution in [2.45, 2.75) is 0 Å². The van der Waals surface area contributed by atoms with Crippen LogP contribution in [0.3, 0.4) is 0 Å². The van der Waals surface area contributed by atoms with Gasteiger partial charge in [-0.15, -0.1) is 0 Å². The maximum Gasteiger partial charge on any atom is 0.466 e. The van der Waals surface area contributed by atoms with Crippen molar-refractivity contribution in [2.75, 3.05) is 0 Å². The first-order valence-electron chi connectivity index (χ1n) is 5.25. The van der Waals surface area contributed by atoms with Crippen molar-refractivity contribution in [3.05, 3.63) is 52.1 Å². The molecule has 0 aliphatic heterocycles. The molecule has 8 heteroatoms. The van der Waals surface area contributed by atoms with Gasteiger partial charge in [-0.25, -0.2) is 4.57 Å². The van der Waals surface area contributed by atoms with Crippen LogP contribution in [0.1, 0.15) is 0 Å². The summed E-state index contributed by atoms with van der Waals surface area (Å²) in [5.41, 5.74) is 1.98. The summed E-state index contributed by atoms with van der Waals surface area (Å²) in [6.07, 6.45) is 0. The third-order valence-electron chi connectivity index (χ3n) is 2.14. The Labute approximate surface area is 125 Å². The first-order valence-corrected chi connectivity index (χ1v) is 8.77. The van der Waals surface area contributed by atoms with Crippen molar-refractivity contribution in [2.24, 2.45) is 0 Å². The van der Waals surface area contributed by atoms with Crippen LogP contribution in [0.5, 0.6) is 5.75 Å². The van der Waals surface area contributed by atoms with Crippen LogP contribution < -0.4 is 0 Å². The Balaban J connectivity index is 0.000000347. The molecule has 2 aromatic rings. The Hall–Kier alpha value is -1.12. The zero-order valence-corrected chi connectivity index (χ0v) is 13.1. The minimum absolute atomic E-state index is 0.124. The molecule has 0 bridgehead atoms. The van der Waals surface area contributed by atoms with Gasteiger partial charge in [-0.05, 0) is 23.3 Å². The van der Waals surface area contributed by atoms with Crippen LogP contribution >= 0.6 is 29.0 Å². The van der Waals surface area contributed by atoms with E-state index in [1.807, 2.05) is 36.4 Å². The third kappa shape index (κ3) is 6.36. The largest absolute Gasteiger partial charge is 0.507 e.